The van der Waals surface area contributed by atoms with E-state index in [2.05, 4.69) is 15.6 Å². The predicted octanol–water partition coefficient (Wildman–Crippen LogP) is 2.81. The highest BCUT2D eigenvalue weighted by atomic mass is 16.3. The average molecular weight is 244 g/mol. The molecule has 3 rings (SSSR count). The van der Waals surface area contributed by atoms with Crippen molar-refractivity contribution in [2.75, 3.05) is 0 Å². The van der Waals surface area contributed by atoms with E-state index in [9.17, 15) is 5.11 Å². The Kier molecular flexibility index (Phi) is 2.86. The molecule has 1 fully saturated rings. The number of aryl methyl sites for hydroxylation is 1. The van der Waals surface area contributed by atoms with Crippen LogP contribution in [-0.4, -0.2) is 20.3 Å². The molecule has 0 unspecified atom stereocenters. The fraction of sp³-hybridized carbons (Fsp3) is 0.533. The zero-order valence-corrected chi connectivity index (χ0v) is 10.9. The van der Waals surface area contributed by atoms with Crippen molar-refractivity contribution in [2.45, 2.75) is 44.1 Å². The van der Waals surface area contributed by atoms with Crippen LogP contribution in [0.4, 0.5) is 0 Å². The summed E-state index contributed by atoms with van der Waals surface area (Å²) < 4.78 is 2.11. The van der Waals surface area contributed by atoms with Gasteiger partial charge in [-0.2, -0.15) is 0 Å². The van der Waals surface area contributed by atoms with Crippen LogP contribution in [0.15, 0.2) is 24.3 Å². The van der Waals surface area contributed by atoms with Crippen molar-refractivity contribution in [1.82, 2.24) is 9.55 Å². The van der Waals surface area contributed by atoms with Crippen molar-refractivity contribution in [3.05, 3.63) is 30.1 Å². The molecule has 1 N–H and O–H groups in total. The van der Waals surface area contributed by atoms with Crippen LogP contribution in [-0.2, 0) is 13.5 Å². The fourth-order valence-corrected chi connectivity index (χ4v) is 3.03. The Bertz CT molecular complexity index is 553. The van der Waals surface area contributed by atoms with Gasteiger partial charge < -0.3 is 9.67 Å². The van der Waals surface area contributed by atoms with Crippen molar-refractivity contribution in [2.24, 2.45) is 7.05 Å². The van der Waals surface area contributed by atoms with Crippen LogP contribution >= 0.6 is 0 Å². The summed E-state index contributed by atoms with van der Waals surface area (Å²) in [5.74, 6) is 1.00. The Hall–Kier alpha value is -1.35. The molecule has 1 aromatic carbocycles. The van der Waals surface area contributed by atoms with E-state index in [0.717, 1.165) is 42.5 Å². The minimum Gasteiger partial charge on any atom is -0.389 e. The fourth-order valence-electron chi connectivity index (χ4n) is 3.03. The molecule has 0 radical (unpaired) electrons. The smallest absolute Gasteiger partial charge is 0.112 e. The standard InChI is InChI=1S/C15H20N2O/c1-17-13-8-4-3-7-12(13)16-14(17)11-15(18)9-5-2-6-10-15/h3-4,7-8,18H,2,5-6,9-11H2,1H3. The normalized spacial score (nSPS) is 19.2. The first-order valence-corrected chi connectivity index (χ1v) is 6.81. The molecule has 3 heteroatoms. The Morgan fingerprint density at radius 2 is 1.94 bits per heavy atom. The van der Waals surface area contributed by atoms with Gasteiger partial charge in [0.2, 0.25) is 0 Å². The first kappa shape index (κ1) is 11.7. The average Bonchev–Trinajstić information content (AvgIpc) is 2.67. The van der Waals surface area contributed by atoms with Gasteiger partial charge in [-0.05, 0) is 25.0 Å². The number of aromatic nitrogens is 2. The van der Waals surface area contributed by atoms with Crippen LogP contribution in [0, 0.1) is 0 Å². The molecular formula is C15H20N2O. The van der Waals surface area contributed by atoms with E-state index in [1.807, 2.05) is 25.2 Å². The number of nitrogens with zero attached hydrogens (tertiary/aromatic N) is 2. The molecule has 0 atom stereocenters. The largest absolute Gasteiger partial charge is 0.389 e. The molecule has 0 saturated heterocycles. The van der Waals surface area contributed by atoms with Crippen LogP contribution in [0.5, 0.6) is 0 Å². The summed E-state index contributed by atoms with van der Waals surface area (Å²) >= 11 is 0. The van der Waals surface area contributed by atoms with Crippen molar-refractivity contribution in [1.29, 1.82) is 0 Å². The second-order valence-electron chi connectivity index (χ2n) is 5.54. The monoisotopic (exact) mass is 244 g/mol. The summed E-state index contributed by atoms with van der Waals surface area (Å²) in [5, 5.41) is 10.6. The molecule has 2 aromatic rings. The second kappa shape index (κ2) is 4.39. The lowest BCUT2D eigenvalue weighted by Crippen LogP contribution is -2.34. The van der Waals surface area contributed by atoms with Crippen LogP contribution in [0.2, 0.25) is 0 Å². The molecule has 96 valence electrons. The highest BCUT2D eigenvalue weighted by molar-refractivity contribution is 5.75. The summed E-state index contributed by atoms with van der Waals surface area (Å²) in [7, 11) is 2.04. The quantitative estimate of drug-likeness (QED) is 0.882. The van der Waals surface area contributed by atoms with Crippen molar-refractivity contribution in [3.8, 4) is 0 Å². The van der Waals surface area contributed by atoms with E-state index in [1.165, 1.54) is 6.42 Å². The maximum absolute atomic E-state index is 10.6. The van der Waals surface area contributed by atoms with Gasteiger partial charge in [0.1, 0.15) is 5.82 Å². The molecule has 1 heterocycles. The number of imidazole rings is 1. The lowest BCUT2D eigenvalue weighted by Gasteiger charge is -2.31. The van der Waals surface area contributed by atoms with Crippen LogP contribution in [0.1, 0.15) is 37.9 Å². The van der Waals surface area contributed by atoms with Gasteiger partial charge in [0.25, 0.3) is 0 Å². The Morgan fingerprint density at radius 1 is 1.22 bits per heavy atom. The van der Waals surface area contributed by atoms with Crippen LogP contribution in [0.3, 0.4) is 0 Å². The second-order valence-corrected chi connectivity index (χ2v) is 5.54. The molecule has 1 aliphatic carbocycles. The van der Waals surface area contributed by atoms with Crippen molar-refractivity contribution < 1.29 is 5.11 Å². The lowest BCUT2D eigenvalue weighted by atomic mass is 9.82. The molecule has 1 aliphatic rings. The highest BCUT2D eigenvalue weighted by Gasteiger charge is 2.31. The first-order chi connectivity index (χ1) is 8.68. The van der Waals surface area contributed by atoms with Gasteiger partial charge in [-0.3, -0.25) is 0 Å². The summed E-state index contributed by atoms with van der Waals surface area (Å²) in [4.78, 5) is 4.65. The number of hydrogen-bond acceptors (Lipinski definition) is 2. The van der Waals surface area contributed by atoms with Gasteiger partial charge in [0.15, 0.2) is 0 Å². The van der Waals surface area contributed by atoms with Gasteiger partial charge in [0.05, 0.1) is 16.6 Å². The van der Waals surface area contributed by atoms with E-state index in [-0.39, 0.29) is 0 Å². The first-order valence-electron chi connectivity index (χ1n) is 6.81. The molecule has 3 nitrogen and oxygen atoms in total. The van der Waals surface area contributed by atoms with E-state index in [0.29, 0.717) is 6.42 Å². The third kappa shape index (κ3) is 2.03. The van der Waals surface area contributed by atoms with E-state index in [4.69, 9.17) is 0 Å². The zero-order chi connectivity index (χ0) is 12.6. The topological polar surface area (TPSA) is 38.0 Å². The van der Waals surface area contributed by atoms with Crippen LogP contribution in [0.25, 0.3) is 11.0 Å². The molecule has 1 saturated carbocycles. The Balaban J connectivity index is 1.92. The lowest BCUT2D eigenvalue weighted by molar-refractivity contribution is 0.00235. The molecule has 0 aliphatic heterocycles. The van der Waals surface area contributed by atoms with Gasteiger partial charge in [-0.1, -0.05) is 31.4 Å². The maximum atomic E-state index is 10.6. The summed E-state index contributed by atoms with van der Waals surface area (Å²) in [6.45, 7) is 0. The maximum Gasteiger partial charge on any atom is 0.112 e. The molecule has 1 aromatic heterocycles. The van der Waals surface area contributed by atoms with Crippen molar-refractivity contribution in [3.63, 3.8) is 0 Å². The number of rotatable bonds is 2. The molecule has 0 bridgehead atoms. The molecular weight excluding hydrogens is 224 g/mol. The van der Waals surface area contributed by atoms with E-state index < -0.39 is 5.60 Å². The SMILES string of the molecule is Cn1c(CC2(O)CCCCC2)nc2ccccc21. The minimum atomic E-state index is -0.534. The van der Waals surface area contributed by atoms with Gasteiger partial charge in [-0.25, -0.2) is 4.98 Å². The molecule has 18 heavy (non-hydrogen) atoms. The predicted molar refractivity (Wildman–Crippen MR) is 72.5 cm³/mol. The summed E-state index contributed by atoms with van der Waals surface area (Å²) in [5.41, 5.74) is 1.63. The summed E-state index contributed by atoms with van der Waals surface area (Å²) in [6, 6.07) is 8.15. The van der Waals surface area contributed by atoms with E-state index in [1.54, 1.807) is 0 Å². The molecule has 0 amide bonds. The molecule has 0 spiro atoms. The number of hydrogen-bond donors (Lipinski definition) is 1. The van der Waals surface area contributed by atoms with Gasteiger partial charge >= 0.3 is 0 Å². The van der Waals surface area contributed by atoms with Gasteiger partial charge in [0, 0.05) is 13.5 Å². The van der Waals surface area contributed by atoms with Crippen LogP contribution < -0.4 is 0 Å². The van der Waals surface area contributed by atoms with Crippen molar-refractivity contribution >= 4 is 11.0 Å². The van der Waals surface area contributed by atoms with Gasteiger partial charge in [-0.15, -0.1) is 0 Å². The third-order valence-corrected chi connectivity index (χ3v) is 4.15. The Labute approximate surface area is 107 Å². The number of benzene rings is 1. The van der Waals surface area contributed by atoms with E-state index >= 15 is 0 Å². The number of fused-ring (bicyclic) bond motifs is 1. The zero-order valence-electron chi connectivity index (χ0n) is 10.9. The minimum absolute atomic E-state index is 0.534. The number of aliphatic hydroxyl groups is 1. The third-order valence-electron chi connectivity index (χ3n) is 4.15. The summed E-state index contributed by atoms with van der Waals surface area (Å²) in [6.07, 6.45) is 6.04. The highest BCUT2D eigenvalue weighted by Crippen LogP contribution is 2.31. The number of para-hydroxylation sites is 2. The Morgan fingerprint density at radius 3 is 2.67 bits per heavy atom.